The third-order valence-electron chi connectivity index (χ3n) is 8.31. The Morgan fingerprint density at radius 3 is 2.00 bits per heavy atom. The molecular formula is C24H31NO4. The van der Waals surface area contributed by atoms with Gasteiger partial charge in [-0.25, -0.2) is 4.79 Å². The molecule has 29 heavy (non-hydrogen) atoms. The molecule has 0 radical (unpaired) electrons. The number of piperidine rings is 1. The Morgan fingerprint density at radius 1 is 0.897 bits per heavy atom. The van der Waals surface area contributed by atoms with Gasteiger partial charge in [0.25, 0.3) is 0 Å². The van der Waals surface area contributed by atoms with E-state index >= 15 is 0 Å². The summed E-state index contributed by atoms with van der Waals surface area (Å²) in [6, 6.07) is 8.45. The lowest BCUT2D eigenvalue weighted by molar-refractivity contribution is -0.182. The first kappa shape index (κ1) is 18.2. The summed E-state index contributed by atoms with van der Waals surface area (Å²) in [5, 5.41) is 0. The largest absolute Gasteiger partial charge is 0.415 e. The predicted octanol–water partition coefficient (Wildman–Crippen LogP) is 4.49. The van der Waals surface area contributed by atoms with Crippen LogP contribution in [0.15, 0.2) is 24.3 Å². The lowest BCUT2D eigenvalue weighted by atomic mass is 9.48. The van der Waals surface area contributed by atoms with Crippen LogP contribution in [-0.2, 0) is 14.9 Å². The predicted molar refractivity (Wildman–Crippen MR) is 108 cm³/mol. The van der Waals surface area contributed by atoms with Crippen LogP contribution in [0.2, 0.25) is 0 Å². The number of hydrogen-bond donors (Lipinski definition) is 0. The standard InChI is InChI=1S/C24H31NO4/c26-22(25-7-5-24(6-8-25)27-9-10-28-24)29-21-3-1-20(2-4-21)23-14-17-11-18(15-23)13-19(12-17)16-23/h1-4,17-19H,5-16H2. The molecule has 5 heteroatoms. The fourth-order valence-electron chi connectivity index (χ4n) is 7.32. The molecule has 4 bridgehead atoms. The molecule has 7 rings (SSSR count). The molecule has 1 spiro atoms. The molecule has 2 aliphatic heterocycles. The van der Waals surface area contributed by atoms with Crippen LogP contribution in [0.5, 0.6) is 5.75 Å². The third-order valence-corrected chi connectivity index (χ3v) is 8.31. The highest BCUT2D eigenvalue weighted by Crippen LogP contribution is 2.60. The summed E-state index contributed by atoms with van der Waals surface area (Å²) in [7, 11) is 0. The van der Waals surface area contributed by atoms with E-state index in [1.54, 1.807) is 4.90 Å². The highest BCUT2D eigenvalue weighted by atomic mass is 16.7. The van der Waals surface area contributed by atoms with Gasteiger partial charge in [0, 0.05) is 25.9 Å². The Balaban J connectivity index is 1.10. The Hall–Kier alpha value is -1.59. The van der Waals surface area contributed by atoms with Gasteiger partial charge in [0.1, 0.15) is 5.75 Å². The van der Waals surface area contributed by atoms with Gasteiger partial charge >= 0.3 is 6.09 Å². The zero-order valence-corrected chi connectivity index (χ0v) is 17.1. The van der Waals surface area contributed by atoms with E-state index in [0.717, 1.165) is 17.8 Å². The van der Waals surface area contributed by atoms with Gasteiger partial charge in [0.15, 0.2) is 5.79 Å². The first-order chi connectivity index (χ1) is 14.1. The van der Waals surface area contributed by atoms with Crippen LogP contribution in [0.1, 0.15) is 56.9 Å². The number of benzene rings is 1. The smallest absolute Gasteiger partial charge is 0.410 e. The minimum Gasteiger partial charge on any atom is -0.410 e. The maximum atomic E-state index is 12.6. The number of carbonyl (C=O) groups is 1. The molecule has 2 heterocycles. The van der Waals surface area contributed by atoms with Gasteiger partial charge < -0.3 is 19.1 Å². The van der Waals surface area contributed by atoms with Crippen molar-refractivity contribution in [1.82, 2.24) is 4.90 Å². The monoisotopic (exact) mass is 397 g/mol. The second kappa shape index (κ2) is 6.71. The van der Waals surface area contributed by atoms with Crippen molar-refractivity contribution in [3.63, 3.8) is 0 Å². The van der Waals surface area contributed by atoms with Gasteiger partial charge in [0.2, 0.25) is 0 Å². The van der Waals surface area contributed by atoms with E-state index < -0.39 is 5.79 Å². The number of rotatable bonds is 2. The average Bonchev–Trinajstić information content (AvgIpc) is 3.16. The van der Waals surface area contributed by atoms with Crippen LogP contribution in [0, 0.1) is 17.8 Å². The number of hydrogen-bond acceptors (Lipinski definition) is 4. The van der Waals surface area contributed by atoms with E-state index in [2.05, 4.69) is 12.1 Å². The molecule has 0 N–H and O–H groups in total. The molecule has 5 nitrogen and oxygen atoms in total. The summed E-state index contributed by atoms with van der Waals surface area (Å²) in [5.41, 5.74) is 1.85. The summed E-state index contributed by atoms with van der Waals surface area (Å²) in [4.78, 5) is 14.4. The minimum absolute atomic E-state index is 0.264. The third kappa shape index (κ3) is 3.17. The lowest BCUT2D eigenvalue weighted by Crippen LogP contribution is -2.48. The van der Waals surface area contributed by atoms with Crippen molar-refractivity contribution >= 4 is 6.09 Å². The molecule has 0 atom stereocenters. The van der Waals surface area contributed by atoms with Crippen LogP contribution >= 0.6 is 0 Å². The quantitative estimate of drug-likeness (QED) is 0.738. The molecule has 2 saturated heterocycles. The van der Waals surface area contributed by atoms with Crippen LogP contribution < -0.4 is 4.74 Å². The van der Waals surface area contributed by atoms with Crippen molar-refractivity contribution in [2.24, 2.45) is 17.8 Å². The Kier molecular flexibility index (Phi) is 4.21. The average molecular weight is 398 g/mol. The summed E-state index contributed by atoms with van der Waals surface area (Å²) >= 11 is 0. The molecular weight excluding hydrogens is 366 g/mol. The van der Waals surface area contributed by atoms with Crippen LogP contribution in [-0.4, -0.2) is 43.1 Å². The SMILES string of the molecule is O=C(Oc1ccc(C23CC4CC(CC(C4)C2)C3)cc1)N1CCC2(CC1)OCCO2. The lowest BCUT2D eigenvalue weighted by Gasteiger charge is -2.57. The second-order valence-electron chi connectivity index (χ2n) is 10.2. The maximum Gasteiger partial charge on any atom is 0.415 e. The van der Waals surface area contributed by atoms with Gasteiger partial charge in [0.05, 0.1) is 13.2 Å². The van der Waals surface area contributed by atoms with E-state index in [1.165, 1.54) is 44.1 Å². The molecule has 6 fully saturated rings. The number of ether oxygens (including phenoxy) is 3. The number of amides is 1. The Morgan fingerprint density at radius 2 is 1.45 bits per heavy atom. The molecule has 0 unspecified atom stereocenters. The van der Waals surface area contributed by atoms with Gasteiger partial charge in [-0.3, -0.25) is 0 Å². The van der Waals surface area contributed by atoms with Crippen molar-refractivity contribution in [2.75, 3.05) is 26.3 Å². The normalized spacial score (nSPS) is 37.2. The van der Waals surface area contributed by atoms with Crippen molar-refractivity contribution in [1.29, 1.82) is 0 Å². The number of nitrogens with zero attached hydrogens (tertiary/aromatic N) is 1. The molecule has 1 amide bonds. The molecule has 4 saturated carbocycles. The highest BCUT2D eigenvalue weighted by Gasteiger charge is 2.51. The van der Waals surface area contributed by atoms with E-state index in [1.807, 2.05) is 12.1 Å². The van der Waals surface area contributed by atoms with Crippen molar-refractivity contribution in [3.8, 4) is 5.75 Å². The van der Waals surface area contributed by atoms with Crippen LogP contribution in [0.4, 0.5) is 4.79 Å². The maximum absolute atomic E-state index is 12.6. The van der Waals surface area contributed by atoms with Crippen molar-refractivity contribution < 1.29 is 19.0 Å². The highest BCUT2D eigenvalue weighted by molar-refractivity contribution is 5.70. The molecule has 1 aromatic carbocycles. The Labute approximate surface area is 172 Å². The molecule has 0 aromatic heterocycles. The van der Waals surface area contributed by atoms with E-state index in [-0.39, 0.29) is 6.09 Å². The first-order valence-electron chi connectivity index (χ1n) is 11.5. The zero-order valence-electron chi connectivity index (χ0n) is 17.1. The Bertz CT molecular complexity index is 737. The van der Waals surface area contributed by atoms with Crippen molar-refractivity contribution in [3.05, 3.63) is 29.8 Å². The molecule has 6 aliphatic rings. The number of carbonyl (C=O) groups excluding carboxylic acids is 1. The second-order valence-corrected chi connectivity index (χ2v) is 10.2. The van der Waals surface area contributed by atoms with Crippen LogP contribution in [0.25, 0.3) is 0 Å². The zero-order chi connectivity index (χ0) is 19.5. The summed E-state index contributed by atoms with van der Waals surface area (Å²) in [6.07, 6.45) is 9.63. The fraction of sp³-hybridized carbons (Fsp3) is 0.708. The first-order valence-corrected chi connectivity index (χ1v) is 11.5. The van der Waals surface area contributed by atoms with Gasteiger partial charge in [-0.05, 0) is 79.4 Å². The van der Waals surface area contributed by atoms with E-state index in [4.69, 9.17) is 14.2 Å². The topological polar surface area (TPSA) is 48.0 Å². The van der Waals surface area contributed by atoms with Crippen LogP contribution in [0.3, 0.4) is 0 Å². The molecule has 1 aromatic rings. The number of likely N-dealkylation sites (tertiary alicyclic amines) is 1. The molecule has 4 aliphatic carbocycles. The summed E-state index contributed by atoms with van der Waals surface area (Å²) in [6.45, 7) is 2.54. The summed E-state index contributed by atoms with van der Waals surface area (Å²) in [5.74, 6) is 3.00. The minimum atomic E-state index is -0.462. The van der Waals surface area contributed by atoms with Gasteiger partial charge in [-0.1, -0.05) is 12.1 Å². The molecule has 156 valence electrons. The van der Waals surface area contributed by atoms with E-state index in [9.17, 15) is 4.79 Å². The van der Waals surface area contributed by atoms with Gasteiger partial charge in [-0.15, -0.1) is 0 Å². The van der Waals surface area contributed by atoms with Gasteiger partial charge in [-0.2, -0.15) is 0 Å². The van der Waals surface area contributed by atoms with Crippen molar-refractivity contribution in [2.45, 2.75) is 62.6 Å². The fourth-order valence-corrected chi connectivity index (χ4v) is 7.32. The van der Waals surface area contributed by atoms with E-state index in [0.29, 0.717) is 50.3 Å². The summed E-state index contributed by atoms with van der Waals surface area (Å²) < 4.78 is 17.2.